The summed E-state index contributed by atoms with van der Waals surface area (Å²) in [6, 6.07) is 6.18. The van der Waals surface area contributed by atoms with E-state index in [4.69, 9.17) is 18.6 Å². The number of aromatic nitrogens is 1. The minimum atomic E-state index is -4.94. The summed E-state index contributed by atoms with van der Waals surface area (Å²) in [4.78, 5) is 1.29. The quantitative estimate of drug-likeness (QED) is 0.448. The minimum Gasteiger partial charge on any atom is -0.222 e. The summed E-state index contributed by atoms with van der Waals surface area (Å²) in [5.41, 5.74) is 0. The van der Waals surface area contributed by atoms with E-state index in [-0.39, 0.29) is 0 Å². The molecule has 0 spiro atoms. The fraction of sp³-hybridized carbons (Fsp3) is 0. The molecule has 5 nitrogen and oxygen atoms in total. The van der Waals surface area contributed by atoms with Crippen LogP contribution in [0.2, 0.25) is 0 Å². The molecule has 76 valence electrons. The van der Waals surface area contributed by atoms with E-state index in [1.807, 2.05) is 18.3 Å². The van der Waals surface area contributed by atoms with E-state index in [2.05, 4.69) is 22.0 Å². The summed E-state index contributed by atoms with van der Waals surface area (Å²) >= 11 is 1.75. The highest BCUT2D eigenvalue weighted by Crippen LogP contribution is 2.01. The molecule has 0 bridgehead atoms. The van der Waals surface area contributed by atoms with E-state index >= 15 is 0 Å². The van der Waals surface area contributed by atoms with Crippen molar-refractivity contribution >= 4 is 16.2 Å². The number of hydrogen-bond acceptors (Lipinski definition) is 5. The van der Waals surface area contributed by atoms with Crippen LogP contribution in [0.3, 0.4) is 0 Å². The molecule has 0 saturated heterocycles. The topological polar surface area (TPSA) is 96.3 Å². The van der Waals surface area contributed by atoms with Crippen LogP contribution in [0.15, 0.2) is 36.0 Å². The predicted molar refractivity (Wildman–Crippen MR) is 37.5 cm³/mol. The van der Waals surface area contributed by atoms with Crippen molar-refractivity contribution in [3.8, 4) is 0 Å². The van der Waals surface area contributed by atoms with Crippen LogP contribution in [0, 0.1) is 10.2 Å². The van der Waals surface area contributed by atoms with Crippen molar-refractivity contribution in [1.29, 1.82) is 0 Å². The molecule has 2 rings (SSSR count). The molecule has 0 radical (unpaired) electrons. The van der Waals surface area contributed by atoms with Gasteiger partial charge >= 0.3 is 0 Å². The van der Waals surface area contributed by atoms with Crippen LogP contribution < -0.4 is 23.0 Å². The molecule has 0 aliphatic carbocycles. The average molecular weight is 236 g/mol. The summed E-state index contributed by atoms with van der Waals surface area (Å²) in [6.07, 6.45) is 4.10. The molecule has 2 aromatic rings. The lowest BCUT2D eigenvalue weighted by Crippen LogP contribution is -2.68. The number of fused-ring (bicyclic) bond motifs is 1. The number of thiazole rings is 1. The van der Waals surface area contributed by atoms with Gasteiger partial charge in [0, 0.05) is 12.1 Å². The van der Waals surface area contributed by atoms with Gasteiger partial charge in [-0.1, -0.05) is 11.3 Å². The molecule has 7 heteroatoms. The summed E-state index contributed by atoms with van der Waals surface area (Å²) in [5.74, 6) is 0. The Morgan fingerprint density at radius 2 is 1.71 bits per heavy atom. The lowest BCUT2D eigenvalue weighted by atomic mass is 10.5. The fourth-order valence-electron chi connectivity index (χ4n) is 0.829. The molecule has 0 fully saturated rings. The Bertz CT molecular complexity index is 363. The first-order valence-corrected chi connectivity index (χ1v) is 5.53. The van der Waals surface area contributed by atoms with E-state index in [0.29, 0.717) is 0 Å². The zero-order chi connectivity index (χ0) is 10.6. The summed E-state index contributed by atoms with van der Waals surface area (Å²) in [7, 11) is -4.94. The van der Waals surface area contributed by atoms with Gasteiger partial charge < -0.3 is 0 Å². The number of halogens is 1. The molecular formula is C7H6ClNO4S. The molecule has 0 atom stereocenters. The zero-order valence-corrected chi connectivity index (χ0v) is 8.40. The maximum atomic E-state index is 8.49. The molecule has 0 N–H and O–H groups in total. The van der Waals surface area contributed by atoms with Gasteiger partial charge in [-0.3, -0.25) is 0 Å². The highest BCUT2D eigenvalue weighted by molar-refractivity contribution is 7.14. The van der Waals surface area contributed by atoms with Gasteiger partial charge in [-0.05, 0) is 6.07 Å². The fourth-order valence-corrected chi connectivity index (χ4v) is 1.56. The lowest BCUT2D eigenvalue weighted by Gasteiger charge is -2.17. The third kappa shape index (κ3) is 4.47. The highest BCUT2D eigenvalue weighted by atomic mass is 35.7. The third-order valence-corrected chi connectivity index (χ3v) is 2.11. The molecule has 0 unspecified atom stereocenters. The van der Waals surface area contributed by atoms with Gasteiger partial charge in [0.05, 0.1) is 5.38 Å². The van der Waals surface area contributed by atoms with Crippen LogP contribution >= 0.6 is 11.3 Å². The highest BCUT2D eigenvalue weighted by Gasteiger charge is 1.97. The Kier molecular flexibility index (Phi) is 3.76. The van der Waals surface area contributed by atoms with Crippen molar-refractivity contribution in [2.24, 2.45) is 0 Å². The molecule has 0 aliphatic rings. The minimum absolute atomic E-state index is 1.29. The van der Waals surface area contributed by atoms with Crippen molar-refractivity contribution in [2.45, 2.75) is 0 Å². The second-order valence-electron chi connectivity index (χ2n) is 2.23. The van der Waals surface area contributed by atoms with Gasteiger partial charge in [-0.25, -0.2) is 18.6 Å². The van der Waals surface area contributed by atoms with Gasteiger partial charge in [0.15, 0.2) is 12.4 Å². The number of rotatable bonds is 0. The van der Waals surface area contributed by atoms with Crippen molar-refractivity contribution in [2.75, 3.05) is 0 Å². The molecule has 0 aromatic carbocycles. The Balaban J connectivity index is 0.000000171. The van der Waals surface area contributed by atoms with Gasteiger partial charge in [0.25, 0.3) is 4.83 Å². The predicted octanol–water partition coefficient (Wildman–Crippen LogP) is -3.27. The SMILES string of the molecule is [O-][Cl+3]([O-])([O-])[O-].c1cc[n+]2ccsc2c1. The van der Waals surface area contributed by atoms with Gasteiger partial charge in [0.1, 0.15) is 0 Å². The molecule has 0 amide bonds. The Hall–Kier alpha value is -0.760. The third-order valence-electron chi connectivity index (χ3n) is 1.26. The van der Waals surface area contributed by atoms with Crippen molar-refractivity contribution in [1.82, 2.24) is 0 Å². The largest absolute Gasteiger partial charge is 0.266 e. The van der Waals surface area contributed by atoms with Gasteiger partial charge in [-0.15, -0.1) is 10.2 Å². The first-order valence-electron chi connectivity index (χ1n) is 3.42. The van der Waals surface area contributed by atoms with Crippen LogP contribution in [-0.2, 0) is 0 Å². The van der Waals surface area contributed by atoms with E-state index in [9.17, 15) is 0 Å². The van der Waals surface area contributed by atoms with Crippen LogP contribution in [0.25, 0.3) is 4.83 Å². The standard InChI is InChI=1S/C7H6NS.ClHO4/c1-2-4-8-5-6-9-7(8)3-1;2-1(3,4)5/h1-6H;(H,2,3,4,5)/q+1;/p-1. The van der Waals surface area contributed by atoms with E-state index in [1.165, 1.54) is 4.83 Å². The molecule has 0 saturated carbocycles. The van der Waals surface area contributed by atoms with E-state index in [1.54, 1.807) is 11.3 Å². The summed E-state index contributed by atoms with van der Waals surface area (Å²) < 4.78 is 36.1. The van der Waals surface area contributed by atoms with Crippen LogP contribution in [0.1, 0.15) is 0 Å². The molecule has 14 heavy (non-hydrogen) atoms. The van der Waals surface area contributed by atoms with E-state index in [0.717, 1.165) is 0 Å². The van der Waals surface area contributed by atoms with Gasteiger partial charge in [0.2, 0.25) is 0 Å². The van der Waals surface area contributed by atoms with Crippen LogP contribution in [0.5, 0.6) is 0 Å². The lowest BCUT2D eigenvalue weighted by molar-refractivity contribution is -2.00. The first kappa shape index (κ1) is 11.3. The molecule has 0 aliphatic heterocycles. The van der Waals surface area contributed by atoms with Gasteiger partial charge in [-0.2, -0.15) is 4.40 Å². The van der Waals surface area contributed by atoms with Crippen LogP contribution in [0.4, 0.5) is 0 Å². The molecule has 2 heterocycles. The van der Waals surface area contributed by atoms with E-state index < -0.39 is 10.2 Å². The molecule has 2 aromatic heterocycles. The maximum Gasteiger partial charge on any atom is 0.266 e. The monoisotopic (exact) mass is 235 g/mol. The average Bonchev–Trinajstić information content (AvgIpc) is 2.47. The first-order chi connectivity index (χ1) is 6.47. The molecular weight excluding hydrogens is 230 g/mol. The van der Waals surface area contributed by atoms with Crippen molar-refractivity contribution < 1.29 is 33.3 Å². The van der Waals surface area contributed by atoms with Crippen LogP contribution in [-0.4, -0.2) is 0 Å². The number of hydrogen-bond donors (Lipinski definition) is 0. The summed E-state index contributed by atoms with van der Waals surface area (Å²) in [5, 5.41) is 2.08. The van der Waals surface area contributed by atoms with Crippen molar-refractivity contribution in [3.05, 3.63) is 36.0 Å². The number of pyridine rings is 1. The second kappa shape index (κ2) is 4.65. The zero-order valence-electron chi connectivity index (χ0n) is 6.83. The Morgan fingerprint density at radius 3 is 2.29 bits per heavy atom. The smallest absolute Gasteiger partial charge is 0.222 e. The Labute approximate surface area is 85.8 Å². The Morgan fingerprint density at radius 1 is 1.07 bits per heavy atom. The second-order valence-corrected chi connectivity index (χ2v) is 3.91. The summed E-state index contributed by atoms with van der Waals surface area (Å²) in [6.45, 7) is 0. The normalized spacial score (nSPS) is 10.9. The van der Waals surface area contributed by atoms with Crippen molar-refractivity contribution in [3.63, 3.8) is 0 Å². The number of nitrogens with zero attached hydrogens (tertiary/aromatic N) is 1. The maximum absolute atomic E-state index is 8.49.